The Morgan fingerprint density at radius 3 is 2.32 bits per heavy atom. The van der Waals surface area contributed by atoms with Crippen LogP contribution in [0, 0.1) is 0 Å². The molecule has 0 spiro atoms. The predicted octanol–water partition coefficient (Wildman–Crippen LogP) is 3.80. The fourth-order valence-corrected chi connectivity index (χ4v) is 2.52. The molecular weight excluding hydrogens is 312 g/mol. The largest absolute Gasteiger partial charge is 0.492 e. The van der Waals surface area contributed by atoms with Crippen molar-refractivity contribution in [1.82, 2.24) is 9.88 Å². The second-order valence-electron chi connectivity index (χ2n) is 5.62. The molecule has 0 fully saturated rings. The smallest absolute Gasteiger partial charge is 0.255 e. The van der Waals surface area contributed by atoms with E-state index in [2.05, 4.69) is 4.98 Å². The normalized spacial score (nSPS) is 10.2. The van der Waals surface area contributed by atoms with Gasteiger partial charge in [0, 0.05) is 18.9 Å². The highest BCUT2D eigenvalue weighted by molar-refractivity contribution is 5.93. The van der Waals surface area contributed by atoms with Crippen LogP contribution < -0.4 is 4.74 Å². The van der Waals surface area contributed by atoms with Gasteiger partial charge in [-0.15, -0.1) is 0 Å². The number of aromatic nitrogens is 1. The Kier molecular flexibility index (Phi) is 5.77. The maximum atomic E-state index is 12.8. The SMILES string of the molecule is O=C(c1cccnc1)N(CCOc1ccccc1)Cc1ccccc1. The molecule has 0 aliphatic heterocycles. The van der Waals surface area contributed by atoms with Gasteiger partial charge in [0.15, 0.2) is 0 Å². The minimum absolute atomic E-state index is 0.0476. The van der Waals surface area contributed by atoms with Gasteiger partial charge in [0.2, 0.25) is 0 Å². The molecule has 1 amide bonds. The van der Waals surface area contributed by atoms with Crippen LogP contribution in [0.5, 0.6) is 5.75 Å². The van der Waals surface area contributed by atoms with Crippen LogP contribution in [0.25, 0.3) is 0 Å². The second-order valence-corrected chi connectivity index (χ2v) is 5.62. The molecule has 1 heterocycles. The lowest BCUT2D eigenvalue weighted by molar-refractivity contribution is 0.0716. The summed E-state index contributed by atoms with van der Waals surface area (Å²) < 4.78 is 5.75. The predicted molar refractivity (Wildman–Crippen MR) is 97.4 cm³/mol. The van der Waals surface area contributed by atoms with Gasteiger partial charge < -0.3 is 9.64 Å². The number of para-hydroxylation sites is 1. The summed E-state index contributed by atoms with van der Waals surface area (Å²) in [5, 5.41) is 0. The van der Waals surface area contributed by atoms with Crippen molar-refractivity contribution in [2.45, 2.75) is 6.54 Å². The molecule has 0 unspecified atom stereocenters. The lowest BCUT2D eigenvalue weighted by Gasteiger charge is -2.23. The van der Waals surface area contributed by atoms with E-state index in [0.29, 0.717) is 25.3 Å². The minimum atomic E-state index is -0.0476. The van der Waals surface area contributed by atoms with Crippen molar-refractivity contribution in [3.8, 4) is 5.75 Å². The molecule has 3 rings (SSSR count). The zero-order valence-electron chi connectivity index (χ0n) is 13.9. The van der Waals surface area contributed by atoms with E-state index in [-0.39, 0.29) is 5.91 Å². The molecule has 0 bridgehead atoms. The first-order chi connectivity index (χ1) is 12.3. The lowest BCUT2D eigenvalue weighted by atomic mass is 10.2. The average Bonchev–Trinajstić information content (AvgIpc) is 2.69. The van der Waals surface area contributed by atoms with Crippen molar-refractivity contribution >= 4 is 5.91 Å². The number of carbonyl (C=O) groups is 1. The summed E-state index contributed by atoms with van der Waals surface area (Å²) in [6.07, 6.45) is 3.26. The molecule has 0 N–H and O–H groups in total. The Labute approximate surface area is 147 Å². The van der Waals surface area contributed by atoms with Crippen molar-refractivity contribution in [2.24, 2.45) is 0 Å². The van der Waals surface area contributed by atoms with E-state index in [9.17, 15) is 4.79 Å². The molecule has 4 heteroatoms. The number of hydrogen-bond acceptors (Lipinski definition) is 3. The van der Waals surface area contributed by atoms with Crippen LogP contribution in [-0.2, 0) is 6.54 Å². The van der Waals surface area contributed by atoms with Gasteiger partial charge in [-0.3, -0.25) is 9.78 Å². The fourth-order valence-electron chi connectivity index (χ4n) is 2.52. The van der Waals surface area contributed by atoms with E-state index in [1.165, 1.54) is 0 Å². The van der Waals surface area contributed by atoms with Crippen LogP contribution in [0.2, 0.25) is 0 Å². The van der Waals surface area contributed by atoms with Crippen molar-refractivity contribution < 1.29 is 9.53 Å². The van der Waals surface area contributed by atoms with Crippen molar-refractivity contribution in [1.29, 1.82) is 0 Å². The Bertz CT molecular complexity index is 777. The number of amides is 1. The van der Waals surface area contributed by atoms with E-state index in [0.717, 1.165) is 11.3 Å². The number of nitrogens with zero attached hydrogens (tertiary/aromatic N) is 2. The maximum Gasteiger partial charge on any atom is 0.255 e. The van der Waals surface area contributed by atoms with E-state index in [1.54, 1.807) is 29.4 Å². The maximum absolute atomic E-state index is 12.8. The standard InChI is InChI=1S/C21H20N2O2/c24-21(19-10-7-13-22-16-19)23(17-18-8-3-1-4-9-18)14-15-25-20-11-5-2-6-12-20/h1-13,16H,14-15,17H2. The van der Waals surface area contributed by atoms with Gasteiger partial charge in [0.25, 0.3) is 5.91 Å². The van der Waals surface area contributed by atoms with Gasteiger partial charge in [0.1, 0.15) is 12.4 Å². The third-order valence-electron chi connectivity index (χ3n) is 3.79. The molecule has 1 aromatic heterocycles. The lowest BCUT2D eigenvalue weighted by Crippen LogP contribution is -2.34. The van der Waals surface area contributed by atoms with Crippen LogP contribution in [-0.4, -0.2) is 28.9 Å². The van der Waals surface area contributed by atoms with Gasteiger partial charge in [-0.05, 0) is 29.8 Å². The summed E-state index contributed by atoms with van der Waals surface area (Å²) in [5.74, 6) is 0.754. The monoisotopic (exact) mass is 332 g/mol. The molecule has 4 nitrogen and oxygen atoms in total. The zero-order chi connectivity index (χ0) is 17.3. The molecule has 0 radical (unpaired) electrons. The topological polar surface area (TPSA) is 42.4 Å². The molecule has 0 aliphatic carbocycles. The van der Waals surface area contributed by atoms with Gasteiger partial charge in [-0.1, -0.05) is 48.5 Å². The van der Waals surface area contributed by atoms with Crippen LogP contribution in [0.4, 0.5) is 0 Å². The van der Waals surface area contributed by atoms with Crippen LogP contribution in [0.3, 0.4) is 0 Å². The highest BCUT2D eigenvalue weighted by atomic mass is 16.5. The zero-order valence-corrected chi connectivity index (χ0v) is 13.9. The molecule has 25 heavy (non-hydrogen) atoms. The van der Waals surface area contributed by atoms with Gasteiger partial charge in [-0.25, -0.2) is 0 Å². The quantitative estimate of drug-likeness (QED) is 0.661. The summed E-state index contributed by atoms with van der Waals surface area (Å²) in [6.45, 7) is 1.47. The number of carbonyl (C=O) groups excluding carboxylic acids is 1. The van der Waals surface area contributed by atoms with E-state index in [1.807, 2.05) is 60.7 Å². The summed E-state index contributed by atoms with van der Waals surface area (Å²) in [4.78, 5) is 18.7. The van der Waals surface area contributed by atoms with E-state index >= 15 is 0 Å². The molecule has 2 aromatic carbocycles. The van der Waals surface area contributed by atoms with Crippen LogP contribution in [0.1, 0.15) is 15.9 Å². The number of hydrogen-bond donors (Lipinski definition) is 0. The van der Waals surface area contributed by atoms with Crippen molar-refractivity contribution in [2.75, 3.05) is 13.2 Å². The Balaban J connectivity index is 1.68. The van der Waals surface area contributed by atoms with Crippen LogP contribution >= 0.6 is 0 Å². The fraction of sp³-hybridized carbons (Fsp3) is 0.143. The highest BCUT2D eigenvalue weighted by Gasteiger charge is 2.16. The summed E-state index contributed by atoms with van der Waals surface area (Å²) >= 11 is 0. The Hall–Kier alpha value is -3.14. The number of ether oxygens (including phenoxy) is 1. The second kappa shape index (κ2) is 8.64. The van der Waals surface area contributed by atoms with Gasteiger partial charge in [-0.2, -0.15) is 0 Å². The third kappa shape index (κ3) is 4.91. The summed E-state index contributed by atoms with van der Waals surface area (Å²) in [6, 6.07) is 23.1. The number of pyridine rings is 1. The number of benzene rings is 2. The first-order valence-corrected chi connectivity index (χ1v) is 8.24. The first kappa shape index (κ1) is 16.7. The minimum Gasteiger partial charge on any atom is -0.492 e. The Morgan fingerprint density at radius 2 is 1.64 bits per heavy atom. The van der Waals surface area contributed by atoms with Gasteiger partial charge in [0.05, 0.1) is 12.1 Å². The molecule has 0 aliphatic rings. The molecule has 0 saturated heterocycles. The molecule has 0 atom stereocenters. The van der Waals surface area contributed by atoms with Gasteiger partial charge >= 0.3 is 0 Å². The summed E-state index contributed by atoms with van der Waals surface area (Å²) in [5.41, 5.74) is 1.66. The number of rotatable bonds is 7. The van der Waals surface area contributed by atoms with E-state index < -0.39 is 0 Å². The third-order valence-corrected chi connectivity index (χ3v) is 3.79. The summed E-state index contributed by atoms with van der Waals surface area (Å²) in [7, 11) is 0. The molecular formula is C21H20N2O2. The van der Waals surface area contributed by atoms with E-state index in [4.69, 9.17) is 4.74 Å². The molecule has 0 saturated carbocycles. The highest BCUT2D eigenvalue weighted by Crippen LogP contribution is 2.11. The Morgan fingerprint density at radius 1 is 0.920 bits per heavy atom. The van der Waals surface area contributed by atoms with Crippen molar-refractivity contribution in [3.63, 3.8) is 0 Å². The van der Waals surface area contributed by atoms with Crippen LogP contribution in [0.15, 0.2) is 85.2 Å². The average molecular weight is 332 g/mol. The molecule has 126 valence electrons. The van der Waals surface area contributed by atoms with Crippen molar-refractivity contribution in [3.05, 3.63) is 96.3 Å². The molecule has 3 aromatic rings. The first-order valence-electron chi connectivity index (χ1n) is 8.24.